The Balaban J connectivity index is 1.42. The second-order valence-corrected chi connectivity index (χ2v) is 11.6. The summed E-state index contributed by atoms with van der Waals surface area (Å²) >= 11 is 0. The van der Waals surface area contributed by atoms with Gasteiger partial charge >= 0.3 is 0 Å². The van der Waals surface area contributed by atoms with Crippen molar-refractivity contribution < 1.29 is 21.6 Å². The molecule has 1 amide bonds. The standard InChI is InChI=1S/C23H28N2O5S2/c26-23(24-15-7-18-31(27,28)22-10-5-2-6-11-22)21-12-16-25(17-13-21)32(29,30)19-14-20-8-3-1-4-9-20/h1-6,8-11,14,19,21H,7,12-13,15-18H2,(H,24,26)/b19-14+. The number of amides is 1. The quantitative estimate of drug-likeness (QED) is 0.561. The first-order chi connectivity index (χ1) is 15.3. The van der Waals surface area contributed by atoms with E-state index in [1.165, 1.54) is 9.71 Å². The van der Waals surface area contributed by atoms with E-state index in [4.69, 9.17) is 0 Å². The van der Waals surface area contributed by atoms with E-state index in [1.807, 2.05) is 30.3 Å². The molecule has 1 N–H and O–H groups in total. The van der Waals surface area contributed by atoms with Crippen molar-refractivity contribution in [3.8, 4) is 0 Å². The molecule has 1 saturated heterocycles. The normalized spacial score (nSPS) is 16.2. The lowest BCUT2D eigenvalue weighted by molar-refractivity contribution is -0.126. The maximum atomic E-state index is 12.5. The fraction of sp³-hybridized carbons (Fsp3) is 0.348. The van der Waals surface area contributed by atoms with Crippen molar-refractivity contribution in [2.75, 3.05) is 25.4 Å². The molecule has 2 aromatic rings. The van der Waals surface area contributed by atoms with Crippen LogP contribution < -0.4 is 5.32 Å². The molecule has 0 unspecified atom stereocenters. The monoisotopic (exact) mass is 476 g/mol. The number of rotatable bonds is 9. The third kappa shape index (κ3) is 6.75. The van der Waals surface area contributed by atoms with Crippen LogP contribution in [0, 0.1) is 5.92 Å². The largest absolute Gasteiger partial charge is 0.356 e. The molecule has 7 nitrogen and oxygen atoms in total. The highest BCUT2D eigenvalue weighted by Crippen LogP contribution is 2.21. The molecule has 0 radical (unpaired) electrons. The SMILES string of the molecule is O=C(NCCCS(=O)(=O)c1ccccc1)C1CCN(S(=O)(=O)/C=C/c2ccccc2)CC1. The van der Waals surface area contributed by atoms with Crippen LogP contribution in [0.2, 0.25) is 0 Å². The minimum absolute atomic E-state index is 0.0399. The van der Waals surface area contributed by atoms with Crippen LogP contribution in [-0.2, 0) is 24.7 Å². The Morgan fingerprint density at radius 3 is 2.16 bits per heavy atom. The van der Waals surface area contributed by atoms with E-state index in [9.17, 15) is 21.6 Å². The number of carbonyl (C=O) groups excluding carboxylic acids is 1. The van der Waals surface area contributed by atoms with Crippen LogP contribution in [0.25, 0.3) is 6.08 Å². The number of nitrogens with one attached hydrogen (secondary N) is 1. The molecular formula is C23H28N2O5S2. The molecule has 3 rings (SSSR count). The van der Waals surface area contributed by atoms with Crippen molar-refractivity contribution >= 4 is 31.8 Å². The zero-order valence-electron chi connectivity index (χ0n) is 17.8. The van der Waals surface area contributed by atoms with Crippen LogP contribution in [0.5, 0.6) is 0 Å². The molecule has 1 heterocycles. The van der Waals surface area contributed by atoms with Crippen molar-refractivity contribution in [2.45, 2.75) is 24.2 Å². The first-order valence-electron chi connectivity index (χ1n) is 10.6. The summed E-state index contributed by atoms with van der Waals surface area (Å²) in [5.74, 6) is -0.467. The Bertz CT molecular complexity index is 1120. The summed E-state index contributed by atoms with van der Waals surface area (Å²) in [6, 6.07) is 17.4. The van der Waals surface area contributed by atoms with Gasteiger partial charge in [0, 0.05) is 31.0 Å². The van der Waals surface area contributed by atoms with Gasteiger partial charge in [-0.3, -0.25) is 4.79 Å². The Labute approximate surface area is 190 Å². The fourth-order valence-corrected chi connectivity index (χ4v) is 6.10. The van der Waals surface area contributed by atoms with Gasteiger partial charge in [-0.2, -0.15) is 4.31 Å². The molecule has 0 saturated carbocycles. The number of hydrogen-bond donors (Lipinski definition) is 1. The number of carbonyl (C=O) groups is 1. The highest BCUT2D eigenvalue weighted by atomic mass is 32.2. The third-order valence-corrected chi connectivity index (χ3v) is 8.79. The molecule has 0 atom stereocenters. The molecule has 0 aliphatic carbocycles. The van der Waals surface area contributed by atoms with Gasteiger partial charge in [-0.1, -0.05) is 48.5 Å². The lowest BCUT2D eigenvalue weighted by Gasteiger charge is -2.29. The number of hydrogen-bond acceptors (Lipinski definition) is 5. The Morgan fingerprint density at radius 1 is 0.938 bits per heavy atom. The molecule has 0 spiro atoms. The summed E-state index contributed by atoms with van der Waals surface area (Å²) < 4.78 is 51.0. The second kappa shape index (κ2) is 10.9. The van der Waals surface area contributed by atoms with Gasteiger partial charge in [0.25, 0.3) is 0 Å². The molecule has 0 bridgehead atoms. The first-order valence-corrected chi connectivity index (χ1v) is 13.7. The van der Waals surface area contributed by atoms with E-state index in [-0.39, 0.29) is 42.1 Å². The Morgan fingerprint density at radius 2 is 1.53 bits per heavy atom. The lowest BCUT2D eigenvalue weighted by Crippen LogP contribution is -2.42. The summed E-state index contributed by atoms with van der Waals surface area (Å²) in [6.07, 6.45) is 2.76. The van der Waals surface area contributed by atoms with Gasteiger partial charge in [0.15, 0.2) is 9.84 Å². The molecule has 172 valence electrons. The molecule has 1 aliphatic rings. The van der Waals surface area contributed by atoms with Crippen LogP contribution in [0.4, 0.5) is 0 Å². The Kier molecular flexibility index (Phi) is 8.22. The third-order valence-electron chi connectivity index (χ3n) is 5.41. The average Bonchev–Trinajstić information content (AvgIpc) is 2.82. The first kappa shape index (κ1) is 24.2. The number of benzene rings is 2. The van der Waals surface area contributed by atoms with E-state index < -0.39 is 19.9 Å². The predicted octanol–water partition coefficient (Wildman–Crippen LogP) is 2.68. The highest BCUT2D eigenvalue weighted by molar-refractivity contribution is 7.92. The summed E-state index contributed by atoms with van der Waals surface area (Å²) in [6.45, 7) is 0.826. The summed E-state index contributed by atoms with van der Waals surface area (Å²) in [4.78, 5) is 12.7. The molecule has 1 aliphatic heterocycles. The zero-order chi connectivity index (χ0) is 23.0. The smallest absolute Gasteiger partial charge is 0.236 e. The molecule has 2 aromatic carbocycles. The van der Waals surface area contributed by atoms with Gasteiger partial charge < -0.3 is 5.32 Å². The predicted molar refractivity (Wildman–Crippen MR) is 125 cm³/mol. The summed E-state index contributed by atoms with van der Waals surface area (Å²) in [5, 5.41) is 4.00. The molecular weight excluding hydrogens is 448 g/mol. The number of piperidine rings is 1. The minimum atomic E-state index is -3.54. The van der Waals surface area contributed by atoms with Gasteiger partial charge in [-0.15, -0.1) is 0 Å². The Hall–Kier alpha value is -2.49. The molecule has 32 heavy (non-hydrogen) atoms. The van der Waals surface area contributed by atoms with Gasteiger partial charge in [0.1, 0.15) is 0 Å². The van der Waals surface area contributed by atoms with Crippen LogP contribution >= 0.6 is 0 Å². The zero-order valence-corrected chi connectivity index (χ0v) is 19.4. The van der Waals surface area contributed by atoms with E-state index in [0.29, 0.717) is 19.3 Å². The van der Waals surface area contributed by atoms with Crippen LogP contribution in [0.3, 0.4) is 0 Å². The topological polar surface area (TPSA) is 101 Å². The number of sulfone groups is 1. The van der Waals surface area contributed by atoms with Gasteiger partial charge in [-0.25, -0.2) is 16.8 Å². The molecule has 1 fully saturated rings. The van der Waals surface area contributed by atoms with Crippen LogP contribution in [0.15, 0.2) is 71.0 Å². The van der Waals surface area contributed by atoms with E-state index in [2.05, 4.69) is 5.32 Å². The fourth-order valence-electron chi connectivity index (χ4n) is 3.55. The average molecular weight is 477 g/mol. The highest BCUT2D eigenvalue weighted by Gasteiger charge is 2.29. The van der Waals surface area contributed by atoms with Crippen LogP contribution in [0.1, 0.15) is 24.8 Å². The van der Waals surface area contributed by atoms with Gasteiger partial charge in [-0.05, 0) is 43.0 Å². The summed E-state index contributed by atoms with van der Waals surface area (Å²) in [7, 11) is -6.90. The van der Waals surface area contributed by atoms with Crippen molar-refractivity contribution in [3.63, 3.8) is 0 Å². The van der Waals surface area contributed by atoms with E-state index in [0.717, 1.165) is 5.56 Å². The van der Waals surface area contributed by atoms with E-state index in [1.54, 1.807) is 36.4 Å². The maximum Gasteiger partial charge on any atom is 0.236 e. The maximum absolute atomic E-state index is 12.5. The lowest BCUT2D eigenvalue weighted by atomic mass is 9.97. The van der Waals surface area contributed by atoms with Gasteiger partial charge in [0.2, 0.25) is 15.9 Å². The van der Waals surface area contributed by atoms with Crippen molar-refractivity contribution in [1.29, 1.82) is 0 Å². The van der Waals surface area contributed by atoms with Gasteiger partial charge in [0.05, 0.1) is 10.6 Å². The minimum Gasteiger partial charge on any atom is -0.356 e. The molecule has 9 heteroatoms. The second-order valence-electron chi connectivity index (χ2n) is 7.71. The number of nitrogens with zero attached hydrogens (tertiary/aromatic N) is 1. The summed E-state index contributed by atoms with van der Waals surface area (Å²) in [5.41, 5.74) is 0.805. The van der Waals surface area contributed by atoms with Crippen molar-refractivity contribution in [2.24, 2.45) is 5.92 Å². The van der Waals surface area contributed by atoms with Crippen LogP contribution in [-0.4, -0.2) is 52.4 Å². The van der Waals surface area contributed by atoms with E-state index >= 15 is 0 Å². The molecule has 0 aromatic heterocycles. The number of sulfonamides is 1. The van der Waals surface area contributed by atoms with Crippen molar-refractivity contribution in [1.82, 2.24) is 9.62 Å². The van der Waals surface area contributed by atoms with Crippen molar-refractivity contribution in [3.05, 3.63) is 71.6 Å².